The number of carbonyl (C=O) groups is 2. The molecule has 1 fully saturated rings. The van der Waals surface area contributed by atoms with Crippen molar-refractivity contribution in [2.24, 2.45) is 23.7 Å². The molecule has 29 heavy (non-hydrogen) atoms. The minimum Gasteiger partial charge on any atom is -0.481 e. The molecule has 170 valence electrons. The number of carbonyl (C=O) groups excluding carboxylic acids is 1. The summed E-state index contributed by atoms with van der Waals surface area (Å²) in [5.74, 6) is -0.855. The number of hydrogen-bond donors (Lipinski definition) is 1. The Morgan fingerprint density at radius 2 is 1.31 bits per heavy atom. The smallest absolute Gasteiger partial charge is 0.310 e. The van der Waals surface area contributed by atoms with Crippen molar-refractivity contribution in [3.05, 3.63) is 0 Å². The Kier molecular flexibility index (Phi) is 13.3. The number of carboxylic acids is 1. The summed E-state index contributed by atoms with van der Waals surface area (Å²) in [6, 6.07) is 0. The van der Waals surface area contributed by atoms with Crippen LogP contribution in [-0.2, 0) is 14.3 Å². The predicted molar refractivity (Wildman–Crippen MR) is 119 cm³/mol. The number of aliphatic carboxylic acids is 1. The summed E-state index contributed by atoms with van der Waals surface area (Å²) >= 11 is 0. The van der Waals surface area contributed by atoms with Crippen LogP contribution in [0.1, 0.15) is 118 Å². The van der Waals surface area contributed by atoms with Gasteiger partial charge in [0.05, 0.1) is 11.8 Å². The van der Waals surface area contributed by atoms with Crippen LogP contribution in [0.2, 0.25) is 0 Å². The third-order valence-corrected chi connectivity index (χ3v) is 6.21. The van der Waals surface area contributed by atoms with Gasteiger partial charge in [0.25, 0.3) is 0 Å². The predicted octanol–water partition coefficient (Wildman–Crippen LogP) is 7.00. The Morgan fingerprint density at radius 1 is 0.793 bits per heavy atom. The molecule has 4 nitrogen and oxygen atoms in total. The molecule has 0 aromatic heterocycles. The first-order valence-corrected chi connectivity index (χ1v) is 12.2. The summed E-state index contributed by atoms with van der Waals surface area (Å²) in [5.41, 5.74) is 0. The van der Waals surface area contributed by atoms with E-state index in [1.807, 2.05) is 0 Å². The zero-order valence-electron chi connectivity index (χ0n) is 19.5. The highest BCUT2D eigenvalue weighted by Gasteiger charge is 2.37. The zero-order valence-corrected chi connectivity index (χ0v) is 19.5. The van der Waals surface area contributed by atoms with Crippen molar-refractivity contribution in [3.63, 3.8) is 0 Å². The standard InChI is InChI=1S/C25H46O4/c1-19(2)14-10-8-6-5-7-9-11-15-21(18-20(3)4)29-25(28)23-17-13-12-16-22(23)24(26)27/h19-23H,5-18H2,1-4H3,(H,26,27). The molecule has 0 aromatic rings. The summed E-state index contributed by atoms with van der Waals surface area (Å²) in [6.07, 6.45) is 15.0. The van der Waals surface area contributed by atoms with Crippen LogP contribution in [0.15, 0.2) is 0 Å². The van der Waals surface area contributed by atoms with Crippen LogP contribution >= 0.6 is 0 Å². The van der Waals surface area contributed by atoms with Crippen molar-refractivity contribution in [1.82, 2.24) is 0 Å². The van der Waals surface area contributed by atoms with Gasteiger partial charge in [-0.3, -0.25) is 9.59 Å². The minimum absolute atomic E-state index is 0.0649. The van der Waals surface area contributed by atoms with E-state index in [-0.39, 0.29) is 12.1 Å². The second-order valence-electron chi connectivity index (χ2n) is 9.97. The van der Waals surface area contributed by atoms with E-state index in [4.69, 9.17) is 4.74 Å². The molecule has 1 aliphatic carbocycles. The summed E-state index contributed by atoms with van der Waals surface area (Å²) in [7, 11) is 0. The number of hydrogen-bond acceptors (Lipinski definition) is 3. The van der Waals surface area contributed by atoms with Crippen molar-refractivity contribution in [2.75, 3.05) is 0 Å². The van der Waals surface area contributed by atoms with E-state index >= 15 is 0 Å². The monoisotopic (exact) mass is 410 g/mol. The molecule has 1 saturated carbocycles. The van der Waals surface area contributed by atoms with Gasteiger partial charge in [-0.05, 0) is 43.9 Å². The molecule has 0 spiro atoms. The van der Waals surface area contributed by atoms with Gasteiger partial charge in [-0.25, -0.2) is 0 Å². The Bertz CT molecular complexity index is 458. The molecule has 0 amide bonds. The fourth-order valence-electron chi connectivity index (χ4n) is 4.52. The topological polar surface area (TPSA) is 63.6 Å². The Balaban J connectivity index is 2.32. The highest BCUT2D eigenvalue weighted by molar-refractivity contribution is 5.81. The summed E-state index contributed by atoms with van der Waals surface area (Å²) in [5, 5.41) is 9.43. The van der Waals surface area contributed by atoms with Crippen LogP contribution in [0.3, 0.4) is 0 Å². The lowest BCUT2D eigenvalue weighted by molar-refractivity contribution is -0.164. The molecule has 0 radical (unpaired) electrons. The molecule has 3 unspecified atom stereocenters. The fraction of sp³-hybridized carbons (Fsp3) is 0.920. The first-order valence-electron chi connectivity index (χ1n) is 12.2. The van der Waals surface area contributed by atoms with Gasteiger partial charge in [0.15, 0.2) is 0 Å². The normalized spacial score (nSPS) is 20.8. The first kappa shape index (κ1) is 26.0. The maximum absolute atomic E-state index is 12.7. The average Bonchev–Trinajstić information content (AvgIpc) is 2.65. The van der Waals surface area contributed by atoms with Crippen LogP contribution < -0.4 is 0 Å². The van der Waals surface area contributed by atoms with E-state index in [0.29, 0.717) is 18.8 Å². The Morgan fingerprint density at radius 3 is 1.83 bits per heavy atom. The van der Waals surface area contributed by atoms with Crippen molar-refractivity contribution in [3.8, 4) is 0 Å². The first-order chi connectivity index (χ1) is 13.8. The van der Waals surface area contributed by atoms with Gasteiger partial charge < -0.3 is 9.84 Å². The number of esters is 1. The molecule has 0 aliphatic heterocycles. The number of carboxylic acid groups (broad SMARTS) is 1. The molecule has 1 rings (SSSR count). The molecule has 0 saturated heterocycles. The van der Waals surface area contributed by atoms with Gasteiger partial charge in [-0.1, -0.05) is 85.5 Å². The quantitative estimate of drug-likeness (QED) is 0.233. The summed E-state index contributed by atoms with van der Waals surface area (Å²) in [6.45, 7) is 8.88. The van der Waals surface area contributed by atoms with Gasteiger partial charge in [0.1, 0.15) is 6.10 Å². The van der Waals surface area contributed by atoms with Crippen molar-refractivity contribution in [2.45, 2.75) is 124 Å². The third kappa shape index (κ3) is 11.6. The van der Waals surface area contributed by atoms with E-state index < -0.39 is 17.8 Å². The van der Waals surface area contributed by atoms with E-state index in [9.17, 15) is 14.7 Å². The van der Waals surface area contributed by atoms with Crippen LogP contribution in [0.5, 0.6) is 0 Å². The molecule has 1 N–H and O–H groups in total. The van der Waals surface area contributed by atoms with E-state index in [0.717, 1.165) is 38.0 Å². The van der Waals surface area contributed by atoms with Gasteiger partial charge in [-0.2, -0.15) is 0 Å². The number of rotatable bonds is 15. The SMILES string of the molecule is CC(C)CCCCCCCCCC(CC(C)C)OC(=O)C1CCCCC1C(=O)O. The summed E-state index contributed by atoms with van der Waals surface area (Å²) < 4.78 is 5.86. The molecule has 4 heteroatoms. The van der Waals surface area contributed by atoms with E-state index in [1.54, 1.807) is 0 Å². The zero-order chi connectivity index (χ0) is 21.6. The van der Waals surface area contributed by atoms with E-state index in [1.165, 1.54) is 44.9 Å². The average molecular weight is 411 g/mol. The van der Waals surface area contributed by atoms with Crippen LogP contribution in [-0.4, -0.2) is 23.1 Å². The molecular weight excluding hydrogens is 364 g/mol. The number of unbranched alkanes of at least 4 members (excludes halogenated alkanes) is 6. The molecular formula is C25H46O4. The van der Waals surface area contributed by atoms with Crippen LogP contribution in [0, 0.1) is 23.7 Å². The van der Waals surface area contributed by atoms with Crippen molar-refractivity contribution in [1.29, 1.82) is 0 Å². The number of ether oxygens (including phenoxy) is 1. The summed E-state index contributed by atoms with van der Waals surface area (Å²) in [4.78, 5) is 24.2. The minimum atomic E-state index is -0.847. The molecule has 0 heterocycles. The third-order valence-electron chi connectivity index (χ3n) is 6.21. The maximum atomic E-state index is 12.7. The lowest BCUT2D eigenvalue weighted by atomic mass is 9.79. The van der Waals surface area contributed by atoms with Gasteiger partial charge in [0, 0.05) is 0 Å². The lowest BCUT2D eigenvalue weighted by Crippen LogP contribution is -2.35. The van der Waals surface area contributed by atoms with E-state index in [2.05, 4.69) is 27.7 Å². The van der Waals surface area contributed by atoms with Gasteiger partial charge in [0.2, 0.25) is 0 Å². The molecule has 0 bridgehead atoms. The largest absolute Gasteiger partial charge is 0.481 e. The van der Waals surface area contributed by atoms with Crippen LogP contribution in [0.25, 0.3) is 0 Å². The second kappa shape index (κ2) is 14.8. The highest BCUT2D eigenvalue weighted by atomic mass is 16.5. The van der Waals surface area contributed by atoms with Crippen molar-refractivity contribution < 1.29 is 19.4 Å². The lowest BCUT2D eigenvalue weighted by Gasteiger charge is -2.29. The second-order valence-corrected chi connectivity index (χ2v) is 9.97. The highest BCUT2D eigenvalue weighted by Crippen LogP contribution is 2.32. The Labute approximate surface area is 179 Å². The molecule has 0 aromatic carbocycles. The van der Waals surface area contributed by atoms with Crippen molar-refractivity contribution >= 4 is 11.9 Å². The van der Waals surface area contributed by atoms with Gasteiger partial charge >= 0.3 is 11.9 Å². The maximum Gasteiger partial charge on any atom is 0.310 e. The molecule has 1 aliphatic rings. The molecule has 3 atom stereocenters. The van der Waals surface area contributed by atoms with Gasteiger partial charge in [-0.15, -0.1) is 0 Å². The fourth-order valence-corrected chi connectivity index (χ4v) is 4.52. The Hall–Kier alpha value is -1.06. The van der Waals surface area contributed by atoms with Crippen LogP contribution in [0.4, 0.5) is 0 Å².